The molecule has 0 radical (unpaired) electrons. The Bertz CT molecular complexity index is 3790. The van der Waals surface area contributed by atoms with E-state index in [4.69, 9.17) is 17.2 Å². The molecule has 18 amide bonds. The average Bonchev–Trinajstić information content (AvgIpc) is 1.81. The van der Waals surface area contributed by atoms with E-state index in [1.165, 1.54) is 96.9 Å². The molecule has 0 aliphatic heterocycles. The molecule has 23 N–H and O–H groups in total. The van der Waals surface area contributed by atoms with Crippen molar-refractivity contribution in [3.8, 4) is 0 Å². The molecule has 38 nitrogen and oxygen atoms in total. The predicted molar refractivity (Wildman–Crippen MR) is 416 cm³/mol. The number of aliphatic hydroxyl groups is 1. The molecular weight excluding hydrogens is 1470 g/mol. The maximum absolute atomic E-state index is 14.2. The van der Waals surface area contributed by atoms with E-state index in [9.17, 15) is 91.4 Å². The van der Waals surface area contributed by atoms with Gasteiger partial charge < -0.3 is 107 Å². The molecule has 38 heteroatoms. The van der Waals surface area contributed by atoms with Crippen LogP contribution < -0.4 is 97.0 Å². The van der Waals surface area contributed by atoms with Crippen LogP contribution in [0.1, 0.15) is 202 Å². The van der Waals surface area contributed by atoms with E-state index in [1.54, 1.807) is 33.9 Å². The highest BCUT2D eigenvalue weighted by molar-refractivity contribution is 6.03. The quantitative estimate of drug-likeness (QED) is 0.0315. The number of fused-ring (bicyclic) bond motifs is 1. The number of H-pyrrole nitrogens is 1. The van der Waals surface area contributed by atoms with Gasteiger partial charge in [-0.25, -0.2) is 0 Å². The second-order valence-electron chi connectivity index (χ2n) is 32.5. The Morgan fingerprint density at radius 3 is 1.12 bits per heavy atom. The highest BCUT2D eigenvalue weighted by Crippen LogP contribution is 2.21. The molecule has 0 fully saturated rings. The van der Waals surface area contributed by atoms with Crippen LogP contribution in [-0.4, -0.2) is 211 Å². The monoisotopic (exact) mass is 1590 g/mol. The number of primary amides is 3. The molecule has 632 valence electrons. The fraction of sp³-hybridized carbons (Fsp3) is 0.653. The van der Waals surface area contributed by atoms with Crippen molar-refractivity contribution < 1.29 is 91.4 Å². The third kappa shape index (κ3) is 33.2. The summed E-state index contributed by atoms with van der Waals surface area (Å²) in [6.07, 6.45) is -0.124. The van der Waals surface area contributed by atoms with Crippen LogP contribution in [0.4, 0.5) is 0 Å². The zero-order chi connectivity index (χ0) is 86.8. The zero-order valence-electron chi connectivity index (χ0n) is 68.7. The third-order valence-electron chi connectivity index (χ3n) is 18.0. The fourth-order valence-electron chi connectivity index (χ4n) is 11.2. The minimum absolute atomic E-state index is 0.00862. The van der Waals surface area contributed by atoms with Crippen molar-refractivity contribution in [2.75, 3.05) is 6.61 Å². The number of nitrogens with two attached hydrogens (primary N) is 3. The molecular formula is C75H123N19O19. The first-order valence-electron chi connectivity index (χ1n) is 37.6. The van der Waals surface area contributed by atoms with Crippen molar-refractivity contribution >= 4 is 117 Å². The number of carbonyl (C=O) groups is 18. The smallest absolute Gasteiger partial charge is 0.246 e. The molecule has 1 aromatic heterocycles. The summed E-state index contributed by atoms with van der Waals surface area (Å²) in [5.74, 6) is -16.0. The van der Waals surface area contributed by atoms with Gasteiger partial charge in [0.2, 0.25) is 106 Å². The number of benzene rings is 1. The Kier molecular flexibility index (Phi) is 37.6. The zero-order valence-corrected chi connectivity index (χ0v) is 68.7. The van der Waals surface area contributed by atoms with Gasteiger partial charge >= 0.3 is 0 Å². The van der Waals surface area contributed by atoms with Gasteiger partial charge in [-0.15, -0.1) is 0 Å². The van der Waals surface area contributed by atoms with Crippen LogP contribution in [0.5, 0.6) is 0 Å². The lowest BCUT2D eigenvalue weighted by molar-refractivity contribution is -0.140. The van der Waals surface area contributed by atoms with E-state index < -0.39 is 227 Å². The standard InChI is InChI=1S/C75H123N19O19/c1-37(2)31-45(36-95)84-60(103)48(25-28-54(76)97)85-57(100)40(7)80-62(105)51(32-38(3)4)87-61(104)49(26-29-55(77)98)86-58(101)41(8)82-66(109)72(13,14)93-70(113)75(19,20)91-64(107)50(27-30-56(78)99)88-67(110)71(11,12)92-65(108)52(33-39(5)6)89-68(111)73(15,16)94-69(112)74(17,18)90-59(102)42(9)81-63(106)53(83-43(10)96)34-44-35-79-47-24-22-21-23-46(44)47/h21-24,35,37-42,45,48-53,79,95H,25-34,36H2,1-20H3,(H2,76,97)(H2,77,98)(H2,78,99)(H,80,105)(H,81,106)(H,82,109)(H,83,96)(H,84,103)(H,85,100)(H,86,101)(H,87,104)(H,88,110)(H,89,111)(H,90,102)(H,91,107)(H,92,108)(H,93,113)(H,94,112)/t40-,41-,42-,45-,48-,49-,50-,51-,52-,53-/m0/s1. The minimum atomic E-state index is -1.93. The normalized spacial score (nSPS) is 14.5. The molecule has 1 heterocycles. The van der Waals surface area contributed by atoms with Crippen molar-refractivity contribution in [1.29, 1.82) is 0 Å². The average molecular weight is 1590 g/mol. The molecule has 0 aliphatic rings. The van der Waals surface area contributed by atoms with Crippen LogP contribution in [0.3, 0.4) is 0 Å². The molecule has 0 spiro atoms. The third-order valence-corrected chi connectivity index (χ3v) is 18.0. The Morgan fingerprint density at radius 1 is 0.363 bits per heavy atom. The van der Waals surface area contributed by atoms with E-state index in [-0.39, 0.29) is 49.9 Å². The lowest BCUT2D eigenvalue weighted by Crippen LogP contribution is -2.67. The number of aromatic nitrogens is 1. The molecule has 1 aromatic carbocycles. The van der Waals surface area contributed by atoms with E-state index in [1.807, 2.05) is 38.1 Å². The molecule has 2 rings (SSSR count). The van der Waals surface area contributed by atoms with Gasteiger partial charge in [0.1, 0.15) is 82.1 Å². The second-order valence-corrected chi connectivity index (χ2v) is 32.5. The van der Waals surface area contributed by atoms with Crippen LogP contribution >= 0.6 is 0 Å². The largest absolute Gasteiger partial charge is 0.394 e. The summed E-state index contributed by atoms with van der Waals surface area (Å²) in [6.45, 7) is 28.3. The summed E-state index contributed by atoms with van der Waals surface area (Å²) in [5, 5.41) is 48.8. The highest BCUT2D eigenvalue weighted by atomic mass is 16.3. The second kappa shape index (κ2) is 43.3. The molecule has 0 saturated carbocycles. The Hall–Kier alpha value is -10.8. The lowest BCUT2D eigenvalue weighted by atomic mass is 9.96. The van der Waals surface area contributed by atoms with Gasteiger partial charge in [0.05, 0.1) is 12.6 Å². The number of para-hydroxylation sites is 1. The van der Waals surface area contributed by atoms with Crippen molar-refractivity contribution in [3.63, 3.8) is 0 Å². The first-order chi connectivity index (χ1) is 51.9. The molecule has 2 aromatic rings. The predicted octanol–water partition coefficient (Wildman–Crippen LogP) is -2.96. The first-order valence-corrected chi connectivity index (χ1v) is 37.6. The van der Waals surface area contributed by atoms with Crippen molar-refractivity contribution in [1.82, 2.24) is 84.7 Å². The van der Waals surface area contributed by atoms with Crippen molar-refractivity contribution in [3.05, 3.63) is 36.0 Å². The Balaban J connectivity index is 2.21. The van der Waals surface area contributed by atoms with Gasteiger partial charge in [-0.05, 0) is 158 Å². The van der Waals surface area contributed by atoms with Crippen LogP contribution in [0.2, 0.25) is 0 Å². The number of carbonyl (C=O) groups excluding carboxylic acids is 18. The first kappa shape index (κ1) is 98.3. The Labute approximate surface area is 659 Å². The number of hydrogen-bond acceptors (Lipinski definition) is 19. The summed E-state index contributed by atoms with van der Waals surface area (Å²) < 4.78 is 0. The van der Waals surface area contributed by atoms with Gasteiger partial charge in [-0.1, -0.05) is 59.7 Å². The maximum atomic E-state index is 14.2. The lowest BCUT2D eigenvalue weighted by Gasteiger charge is -2.35. The van der Waals surface area contributed by atoms with Crippen LogP contribution in [-0.2, 0) is 92.7 Å². The van der Waals surface area contributed by atoms with Gasteiger partial charge in [0.15, 0.2) is 0 Å². The van der Waals surface area contributed by atoms with Crippen LogP contribution in [0.25, 0.3) is 10.9 Å². The van der Waals surface area contributed by atoms with Gasteiger partial charge in [0.25, 0.3) is 0 Å². The number of hydrogen-bond donors (Lipinski definition) is 20. The number of amides is 18. The summed E-state index contributed by atoms with van der Waals surface area (Å²) in [6, 6.07) is -5.69. The molecule has 113 heavy (non-hydrogen) atoms. The van der Waals surface area contributed by atoms with Gasteiger partial charge in [-0.3, -0.25) is 86.3 Å². The summed E-state index contributed by atoms with van der Waals surface area (Å²) in [4.78, 5) is 245. The maximum Gasteiger partial charge on any atom is 0.246 e. The van der Waals surface area contributed by atoms with Crippen LogP contribution in [0.15, 0.2) is 30.5 Å². The molecule has 0 saturated heterocycles. The SMILES string of the molecule is CC(=O)N[C@@H](Cc1c[nH]c2ccccc12)C(=O)N[C@@H](C)C(=O)NC(C)(C)C(=O)NC(C)(C)C(=O)N[C@@H](CC(C)C)C(=O)NC(C)(C)C(=O)N[C@@H](CCC(N)=O)C(=O)NC(C)(C)C(=O)NC(C)(C)C(=O)N[C@@H](C)C(=O)N[C@@H](CCC(N)=O)C(=O)N[C@@H](CC(C)C)C(=O)N[C@@H](C)C(=O)N[C@@H](CCC(N)=O)C(=O)N[C@H](CO)CC(C)C. The highest BCUT2D eigenvalue weighted by Gasteiger charge is 2.44. The van der Waals surface area contributed by atoms with Crippen molar-refractivity contribution in [2.45, 2.75) is 291 Å². The molecule has 0 bridgehead atoms. The van der Waals surface area contributed by atoms with Gasteiger partial charge in [0, 0.05) is 49.7 Å². The van der Waals surface area contributed by atoms with E-state index in [2.05, 4.69) is 84.7 Å². The summed E-state index contributed by atoms with van der Waals surface area (Å²) >= 11 is 0. The van der Waals surface area contributed by atoms with Crippen molar-refractivity contribution in [2.24, 2.45) is 35.0 Å². The molecule has 0 unspecified atom stereocenters. The van der Waals surface area contributed by atoms with E-state index in [0.717, 1.165) is 16.5 Å². The summed E-state index contributed by atoms with van der Waals surface area (Å²) in [5.41, 5.74) is 8.52. The fourth-order valence-corrected chi connectivity index (χ4v) is 11.2. The molecule has 0 aliphatic carbocycles. The number of nitrogens with one attached hydrogen (secondary N) is 16. The van der Waals surface area contributed by atoms with E-state index >= 15 is 0 Å². The number of aliphatic hydroxyl groups excluding tert-OH is 1. The minimum Gasteiger partial charge on any atom is -0.394 e. The number of aromatic amines is 1. The Morgan fingerprint density at radius 2 is 0.690 bits per heavy atom. The molecule has 10 atom stereocenters. The topological polar surface area (TPSA) is 602 Å². The van der Waals surface area contributed by atoms with E-state index in [0.29, 0.717) is 6.42 Å². The van der Waals surface area contributed by atoms with Crippen LogP contribution in [0, 0.1) is 17.8 Å². The number of rotatable bonds is 47. The summed E-state index contributed by atoms with van der Waals surface area (Å²) in [7, 11) is 0. The van der Waals surface area contributed by atoms with Gasteiger partial charge in [-0.2, -0.15) is 0 Å².